The minimum absolute atomic E-state index is 0.0189. The molecular weight excluding hydrogens is 490 g/mol. The molecule has 1 aliphatic rings. The maximum Gasteiger partial charge on any atom is 0.251 e. The number of amides is 1. The van der Waals surface area contributed by atoms with E-state index in [1.54, 1.807) is 18.2 Å². The Bertz CT molecular complexity index is 1570. The number of carbonyl (C=O) groups is 1. The van der Waals surface area contributed by atoms with Gasteiger partial charge in [0, 0.05) is 41.2 Å². The number of H-pyrrole nitrogens is 1. The van der Waals surface area contributed by atoms with Gasteiger partial charge in [-0.1, -0.05) is 18.7 Å². The number of carbonyl (C=O) groups excluding carboxylic acids is 1. The van der Waals surface area contributed by atoms with E-state index in [9.17, 15) is 13.6 Å². The standard InChI is InChI=1S/C28H28F2N6O2/c1-4-22(29)20(23(30)5-2)11-16-10-19(15-36(3)14-16)31-28(37)18-7-8-24-21(12-18)27(33-32-24)17-6-9-25-26(13-17)35-38-34-25/h4-9,12-13,16,19H,1,10-11,14-15H2,2-3H3,(H,31,37)(H,32,33)/b22-20+,23-5+/t16-,19-/m1/s1. The molecule has 2 atom stereocenters. The van der Waals surface area contributed by atoms with Crippen LogP contribution in [-0.2, 0) is 0 Å². The highest BCUT2D eigenvalue weighted by atomic mass is 19.1. The molecule has 0 aliphatic carbocycles. The van der Waals surface area contributed by atoms with Crippen molar-refractivity contribution >= 4 is 27.8 Å². The Kier molecular flexibility index (Phi) is 7.15. The van der Waals surface area contributed by atoms with E-state index in [0.29, 0.717) is 41.8 Å². The second kappa shape index (κ2) is 10.7. The molecule has 0 saturated carbocycles. The molecule has 2 aromatic heterocycles. The summed E-state index contributed by atoms with van der Waals surface area (Å²) in [7, 11) is 1.94. The number of likely N-dealkylation sites (N-methyl/N-ethyl adjacent to an activating group) is 1. The maximum atomic E-state index is 14.3. The lowest BCUT2D eigenvalue weighted by atomic mass is 9.87. The normalized spacial score (nSPS) is 19.5. The monoisotopic (exact) mass is 518 g/mol. The SMILES string of the molecule is C=C/C(F)=C(C[C@H]1C[C@@H](NC(=O)c2ccc3[nH]nc(-c4ccc5nonc5c4)c3c2)CN(C)C1)\C(F)=C/C. The molecule has 196 valence electrons. The number of piperidine rings is 1. The van der Waals surface area contributed by atoms with Gasteiger partial charge in [0.05, 0.1) is 5.52 Å². The van der Waals surface area contributed by atoms with E-state index in [1.807, 2.05) is 25.2 Å². The molecule has 38 heavy (non-hydrogen) atoms. The largest absolute Gasteiger partial charge is 0.348 e. The van der Waals surface area contributed by atoms with Crippen molar-refractivity contribution < 1.29 is 18.2 Å². The van der Waals surface area contributed by atoms with Crippen molar-refractivity contribution in [2.24, 2.45) is 5.92 Å². The molecule has 1 aliphatic heterocycles. The van der Waals surface area contributed by atoms with Crippen molar-refractivity contribution in [3.05, 3.63) is 77.9 Å². The van der Waals surface area contributed by atoms with Crippen LogP contribution in [0.5, 0.6) is 0 Å². The molecule has 0 unspecified atom stereocenters. The zero-order valence-electron chi connectivity index (χ0n) is 21.2. The Morgan fingerprint density at radius 1 is 1.21 bits per heavy atom. The highest BCUT2D eigenvalue weighted by Crippen LogP contribution is 2.31. The van der Waals surface area contributed by atoms with E-state index < -0.39 is 11.7 Å². The van der Waals surface area contributed by atoms with E-state index in [2.05, 4.69) is 37.3 Å². The predicted molar refractivity (Wildman–Crippen MR) is 142 cm³/mol. The summed E-state index contributed by atoms with van der Waals surface area (Å²) in [6, 6.07) is 10.7. The van der Waals surface area contributed by atoms with Gasteiger partial charge < -0.3 is 10.2 Å². The fourth-order valence-electron chi connectivity index (χ4n) is 5.16. The van der Waals surface area contributed by atoms with Gasteiger partial charge in [-0.15, -0.1) is 0 Å². The number of hydrogen-bond donors (Lipinski definition) is 2. The van der Waals surface area contributed by atoms with Gasteiger partial charge in [-0.2, -0.15) is 5.10 Å². The van der Waals surface area contributed by atoms with Gasteiger partial charge in [-0.25, -0.2) is 13.4 Å². The molecule has 8 nitrogen and oxygen atoms in total. The topological polar surface area (TPSA) is 99.9 Å². The number of hydrogen-bond acceptors (Lipinski definition) is 6. The first-order valence-electron chi connectivity index (χ1n) is 12.4. The van der Waals surface area contributed by atoms with Crippen LogP contribution in [0.1, 0.15) is 30.1 Å². The van der Waals surface area contributed by atoms with Gasteiger partial charge in [0.25, 0.3) is 5.91 Å². The van der Waals surface area contributed by atoms with E-state index in [1.165, 1.54) is 13.0 Å². The zero-order valence-corrected chi connectivity index (χ0v) is 21.2. The number of aromatic nitrogens is 4. The van der Waals surface area contributed by atoms with Gasteiger partial charge in [-0.05, 0) is 79.5 Å². The molecule has 10 heteroatoms. The minimum atomic E-state index is -0.655. The number of halogens is 2. The summed E-state index contributed by atoms with van der Waals surface area (Å²) in [4.78, 5) is 15.3. The summed E-state index contributed by atoms with van der Waals surface area (Å²) >= 11 is 0. The van der Waals surface area contributed by atoms with Crippen LogP contribution in [0.2, 0.25) is 0 Å². The summed E-state index contributed by atoms with van der Waals surface area (Å²) in [6.07, 6.45) is 3.11. The van der Waals surface area contributed by atoms with Crippen molar-refractivity contribution in [2.45, 2.75) is 25.8 Å². The van der Waals surface area contributed by atoms with Crippen molar-refractivity contribution in [3.8, 4) is 11.3 Å². The molecule has 5 rings (SSSR count). The third kappa shape index (κ3) is 5.12. The number of nitrogens with one attached hydrogen (secondary N) is 2. The third-order valence-corrected chi connectivity index (χ3v) is 6.91. The Morgan fingerprint density at radius 3 is 2.82 bits per heavy atom. The van der Waals surface area contributed by atoms with Crippen LogP contribution in [0.4, 0.5) is 8.78 Å². The van der Waals surface area contributed by atoms with Gasteiger partial charge in [0.2, 0.25) is 0 Å². The van der Waals surface area contributed by atoms with E-state index in [-0.39, 0.29) is 29.9 Å². The molecule has 1 fully saturated rings. The quantitative estimate of drug-likeness (QED) is 0.314. The van der Waals surface area contributed by atoms with Crippen LogP contribution < -0.4 is 5.32 Å². The van der Waals surface area contributed by atoms with Gasteiger partial charge >= 0.3 is 0 Å². The smallest absolute Gasteiger partial charge is 0.251 e. The zero-order chi connectivity index (χ0) is 26.8. The number of benzene rings is 2. The van der Waals surface area contributed by atoms with Crippen LogP contribution in [-0.4, -0.2) is 57.5 Å². The number of aromatic amines is 1. The van der Waals surface area contributed by atoms with Crippen molar-refractivity contribution in [2.75, 3.05) is 20.1 Å². The van der Waals surface area contributed by atoms with E-state index in [4.69, 9.17) is 4.63 Å². The lowest BCUT2D eigenvalue weighted by Crippen LogP contribution is -2.49. The Hall–Kier alpha value is -4.18. The van der Waals surface area contributed by atoms with Crippen LogP contribution in [0.3, 0.4) is 0 Å². The lowest BCUT2D eigenvalue weighted by Gasteiger charge is -2.36. The average Bonchev–Trinajstić information content (AvgIpc) is 3.56. The van der Waals surface area contributed by atoms with E-state index in [0.717, 1.165) is 22.5 Å². The average molecular weight is 519 g/mol. The molecular formula is C28H28F2N6O2. The van der Waals surface area contributed by atoms with Crippen molar-refractivity contribution in [1.82, 2.24) is 30.7 Å². The molecule has 0 spiro atoms. The first-order chi connectivity index (χ1) is 18.4. The maximum absolute atomic E-state index is 14.3. The summed E-state index contributed by atoms with van der Waals surface area (Å²) in [5.74, 6) is -1.49. The second-order valence-electron chi connectivity index (χ2n) is 9.66. The second-order valence-corrected chi connectivity index (χ2v) is 9.66. The fraction of sp³-hybridized carbons (Fsp3) is 0.286. The first-order valence-corrected chi connectivity index (χ1v) is 12.4. The molecule has 2 aromatic carbocycles. The van der Waals surface area contributed by atoms with Crippen LogP contribution >= 0.6 is 0 Å². The molecule has 0 radical (unpaired) electrons. The summed E-state index contributed by atoms with van der Waals surface area (Å²) < 4.78 is 33.4. The Morgan fingerprint density at radius 2 is 2.03 bits per heavy atom. The summed E-state index contributed by atoms with van der Waals surface area (Å²) in [5, 5.41) is 19.1. The van der Waals surface area contributed by atoms with Gasteiger partial charge in [-0.3, -0.25) is 9.89 Å². The summed E-state index contributed by atoms with van der Waals surface area (Å²) in [5.41, 5.74) is 4.07. The van der Waals surface area contributed by atoms with Crippen LogP contribution in [0.25, 0.3) is 33.2 Å². The fourth-order valence-corrected chi connectivity index (χ4v) is 5.16. The van der Waals surface area contributed by atoms with E-state index >= 15 is 0 Å². The number of nitrogens with zero attached hydrogens (tertiary/aromatic N) is 4. The van der Waals surface area contributed by atoms with Crippen molar-refractivity contribution in [3.63, 3.8) is 0 Å². The molecule has 0 bridgehead atoms. The van der Waals surface area contributed by atoms with Crippen molar-refractivity contribution in [1.29, 1.82) is 0 Å². The Labute approximate surface area is 218 Å². The Balaban J connectivity index is 1.34. The number of fused-ring (bicyclic) bond motifs is 2. The van der Waals surface area contributed by atoms with Crippen LogP contribution in [0.15, 0.2) is 77.0 Å². The highest BCUT2D eigenvalue weighted by molar-refractivity contribution is 6.02. The highest BCUT2D eigenvalue weighted by Gasteiger charge is 2.29. The number of allylic oxidation sites excluding steroid dienone is 5. The molecule has 4 aromatic rings. The molecule has 1 amide bonds. The minimum Gasteiger partial charge on any atom is -0.348 e. The number of rotatable bonds is 7. The van der Waals surface area contributed by atoms with Gasteiger partial charge in [0.1, 0.15) is 28.4 Å². The first kappa shape index (κ1) is 25.5. The number of likely N-dealkylation sites (tertiary alicyclic amines) is 1. The summed E-state index contributed by atoms with van der Waals surface area (Å²) in [6.45, 7) is 6.29. The predicted octanol–water partition coefficient (Wildman–Crippen LogP) is 5.49. The molecule has 3 heterocycles. The third-order valence-electron chi connectivity index (χ3n) is 6.91. The molecule has 1 saturated heterocycles. The van der Waals surface area contributed by atoms with Crippen LogP contribution in [0, 0.1) is 5.92 Å². The lowest BCUT2D eigenvalue weighted by molar-refractivity contribution is 0.0889. The van der Waals surface area contributed by atoms with Gasteiger partial charge in [0.15, 0.2) is 0 Å². The molecule has 2 N–H and O–H groups in total.